The van der Waals surface area contributed by atoms with Crippen LogP contribution in [0.5, 0.6) is 11.5 Å². The van der Waals surface area contributed by atoms with Crippen LogP contribution in [0.15, 0.2) is 48.5 Å². The summed E-state index contributed by atoms with van der Waals surface area (Å²) < 4.78 is 12.4. The third-order valence-corrected chi connectivity index (χ3v) is 6.34. The number of nitrogens with one attached hydrogen (secondary N) is 2. The van der Waals surface area contributed by atoms with Gasteiger partial charge in [-0.05, 0) is 90.0 Å². The van der Waals surface area contributed by atoms with Gasteiger partial charge in [-0.25, -0.2) is 0 Å². The SMILES string of the molecule is CCOc1cc(CNc2ccc(Cl)cc2Cl)cc(I)c1OCC(=O)Nc1ccc(C)c(Cl)c1. The number of aryl methyl sites for hydroxylation is 1. The van der Waals surface area contributed by atoms with Gasteiger partial charge in [0.1, 0.15) is 0 Å². The van der Waals surface area contributed by atoms with Gasteiger partial charge in [0.15, 0.2) is 18.1 Å². The molecule has 3 aromatic carbocycles. The lowest BCUT2D eigenvalue weighted by Crippen LogP contribution is -2.20. The lowest BCUT2D eigenvalue weighted by atomic mass is 10.2. The predicted octanol–water partition coefficient (Wildman–Crippen LogP) is 7.59. The van der Waals surface area contributed by atoms with E-state index in [9.17, 15) is 4.79 Å². The topological polar surface area (TPSA) is 59.6 Å². The molecule has 0 saturated carbocycles. The highest BCUT2D eigenvalue weighted by Gasteiger charge is 2.15. The Morgan fingerprint density at radius 3 is 2.48 bits per heavy atom. The quantitative estimate of drug-likeness (QED) is 0.243. The molecular weight excluding hydrogens is 598 g/mol. The number of rotatable bonds is 9. The summed E-state index contributed by atoms with van der Waals surface area (Å²) in [5, 5.41) is 7.79. The molecule has 0 aromatic heterocycles. The summed E-state index contributed by atoms with van der Waals surface area (Å²) >= 11 is 20.5. The monoisotopic (exact) mass is 618 g/mol. The molecule has 3 rings (SSSR count). The summed E-state index contributed by atoms with van der Waals surface area (Å²) in [6, 6.07) is 14.5. The Balaban J connectivity index is 1.68. The zero-order valence-corrected chi connectivity index (χ0v) is 22.4. The smallest absolute Gasteiger partial charge is 0.262 e. The molecule has 0 unspecified atom stereocenters. The molecule has 0 radical (unpaired) electrons. The second-order valence-corrected chi connectivity index (χ2v) is 9.53. The first-order valence-electron chi connectivity index (χ1n) is 10.1. The molecule has 0 aliphatic carbocycles. The molecule has 2 N–H and O–H groups in total. The fourth-order valence-electron chi connectivity index (χ4n) is 2.96. The van der Waals surface area contributed by atoms with E-state index in [1.807, 2.05) is 38.1 Å². The molecule has 0 aliphatic rings. The molecule has 0 fully saturated rings. The number of benzene rings is 3. The van der Waals surface area contributed by atoms with Gasteiger partial charge in [0.05, 0.1) is 20.9 Å². The second-order valence-electron chi connectivity index (χ2n) is 7.12. The van der Waals surface area contributed by atoms with Crippen LogP contribution >= 0.6 is 57.4 Å². The normalized spacial score (nSPS) is 10.6. The Morgan fingerprint density at radius 1 is 1.00 bits per heavy atom. The zero-order valence-electron chi connectivity index (χ0n) is 18.0. The minimum atomic E-state index is -0.295. The Kier molecular flexibility index (Phi) is 9.37. The van der Waals surface area contributed by atoms with E-state index in [4.69, 9.17) is 44.3 Å². The van der Waals surface area contributed by atoms with Gasteiger partial charge in [0.25, 0.3) is 5.91 Å². The molecule has 5 nitrogen and oxygen atoms in total. The maximum atomic E-state index is 12.4. The summed E-state index contributed by atoms with van der Waals surface area (Å²) in [5.41, 5.74) is 3.30. The number of anilines is 2. The molecule has 33 heavy (non-hydrogen) atoms. The molecular formula is C24H22Cl3IN2O3. The average molecular weight is 620 g/mol. The van der Waals surface area contributed by atoms with Gasteiger partial charge in [-0.2, -0.15) is 0 Å². The Hall–Kier alpha value is -1.87. The molecule has 0 saturated heterocycles. The predicted molar refractivity (Wildman–Crippen MR) is 144 cm³/mol. The Morgan fingerprint density at radius 2 is 1.79 bits per heavy atom. The molecule has 0 bridgehead atoms. The van der Waals surface area contributed by atoms with E-state index in [0.29, 0.717) is 45.4 Å². The highest BCUT2D eigenvalue weighted by molar-refractivity contribution is 14.1. The fraction of sp³-hybridized carbons (Fsp3) is 0.208. The van der Waals surface area contributed by atoms with Crippen LogP contribution in [0.25, 0.3) is 0 Å². The van der Waals surface area contributed by atoms with E-state index in [-0.39, 0.29) is 12.5 Å². The van der Waals surface area contributed by atoms with Crippen molar-refractivity contribution in [3.8, 4) is 11.5 Å². The summed E-state index contributed by atoms with van der Waals surface area (Å²) in [5.74, 6) is 0.786. The summed E-state index contributed by atoms with van der Waals surface area (Å²) in [6.07, 6.45) is 0. The van der Waals surface area contributed by atoms with Crippen LogP contribution in [-0.2, 0) is 11.3 Å². The van der Waals surface area contributed by atoms with E-state index in [1.54, 1.807) is 24.3 Å². The van der Waals surface area contributed by atoms with Crippen molar-refractivity contribution in [1.29, 1.82) is 0 Å². The third-order valence-electron chi connectivity index (χ3n) is 4.59. The van der Waals surface area contributed by atoms with Crippen molar-refractivity contribution < 1.29 is 14.3 Å². The first-order valence-corrected chi connectivity index (χ1v) is 12.3. The van der Waals surface area contributed by atoms with Crippen molar-refractivity contribution in [3.63, 3.8) is 0 Å². The van der Waals surface area contributed by atoms with E-state index in [1.165, 1.54) is 0 Å². The number of amides is 1. The number of carbonyl (C=O) groups excluding carboxylic acids is 1. The van der Waals surface area contributed by atoms with Gasteiger partial charge < -0.3 is 20.1 Å². The van der Waals surface area contributed by atoms with Gasteiger partial charge in [0, 0.05) is 22.3 Å². The van der Waals surface area contributed by atoms with Crippen LogP contribution in [0.4, 0.5) is 11.4 Å². The standard InChI is InChI=1S/C24H22Cl3IN2O3/c1-3-32-22-9-15(12-29-21-7-5-16(25)10-19(21)27)8-20(28)24(22)33-13-23(31)30-17-6-4-14(2)18(26)11-17/h4-11,29H,3,12-13H2,1-2H3,(H,30,31). The van der Waals surface area contributed by atoms with Crippen molar-refractivity contribution >= 4 is 74.7 Å². The van der Waals surface area contributed by atoms with Gasteiger partial charge in [0.2, 0.25) is 0 Å². The van der Waals surface area contributed by atoms with Gasteiger partial charge in [-0.3, -0.25) is 4.79 Å². The maximum Gasteiger partial charge on any atom is 0.262 e. The first kappa shape index (κ1) is 25.7. The van der Waals surface area contributed by atoms with Gasteiger partial charge in [-0.1, -0.05) is 40.9 Å². The Labute approximate surface area is 221 Å². The number of carbonyl (C=O) groups is 1. The van der Waals surface area contributed by atoms with Crippen molar-refractivity contribution in [2.45, 2.75) is 20.4 Å². The number of hydrogen-bond acceptors (Lipinski definition) is 4. The summed E-state index contributed by atoms with van der Waals surface area (Å²) in [7, 11) is 0. The van der Waals surface area contributed by atoms with Crippen molar-refractivity contribution in [2.75, 3.05) is 23.8 Å². The van der Waals surface area contributed by atoms with E-state index in [0.717, 1.165) is 20.4 Å². The van der Waals surface area contributed by atoms with Crippen LogP contribution < -0.4 is 20.1 Å². The highest BCUT2D eigenvalue weighted by atomic mass is 127. The first-order chi connectivity index (χ1) is 15.8. The van der Waals surface area contributed by atoms with E-state index >= 15 is 0 Å². The minimum absolute atomic E-state index is 0.167. The van der Waals surface area contributed by atoms with Crippen LogP contribution in [0, 0.1) is 10.5 Å². The molecule has 0 aliphatic heterocycles. The van der Waals surface area contributed by atoms with Crippen molar-refractivity contribution in [1.82, 2.24) is 0 Å². The van der Waals surface area contributed by atoms with Crippen LogP contribution in [0.1, 0.15) is 18.1 Å². The van der Waals surface area contributed by atoms with Crippen LogP contribution in [0.3, 0.4) is 0 Å². The molecule has 3 aromatic rings. The number of halogens is 4. The molecule has 174 valence electrons. The largest absolute Gasteiger partial charge is 0.490 e. The Bertz CT molecular complexity index is 1160. The molecule has 1 amide bonds. The van der Waals surface area contributed by atoms with E-state index < -0.39 is 0 Å². The molecule has 0 heterocycles. The second kappa shape index (κ2) is 12.0. The van der Waals surface area contributed by atoms with Gasteiger partial charge in [-0.15, -0.1) is 0 Å². The molecule has 0 spiro atoms. The lowest BCUT2D eigenvalue weighted by molar-refractivity contribution is -0.118. The average Bonchev–Trinajstić information content (AvgIpc) is 2.75. The van der Waals surface area contributed by atoms with Crippen LogP contribution in [0.2, 0.25) is 15.1 Å². The molecule has 9 heteroatoms. The fourth-order valence-corrected chi connectivity index (χ4v) is 4.44. The maximum absolute atomic E-state index is 12.4. The third kappa shape index (κ3) is 7.30. The molecule has 0 atom stereocenters. The zero-order chi connectivity index (χ0) is 24.0. The minimum Gasteiger partial charge on any atom is -0.490 e. The van der Waals surface area contributed by atoms with Crippen molar-refractivity contribution in [3.05, 3.63) is 78.3 Å². The lowest BCUT2D eigenvalue weighted by Gasteiger charge is -2.16. The van der Waals surface area contributed by atoms with E-state index in [2.05, 4.69) is 33.2 Å². The summed E-state index contributed by atoms with van der Waals surface area (Å²) in [6.45, 7) is 4.60. The number of hydrogen-bond donors (Lipinski definition) is 2. The van der Waals surface area contributed by atoms with Gasteiger partial charge >= 0.3 is 0 Å². The van der Waals surface area contributed by atoms with Crippen molar-refractivity contribution in [2.24, 2.45) is 0 Å². The highest BCUT2D eigenvalue weighted by Crippen LogP contribution is 2.35. The summed E-state index contributed by atoms with van der Waals surface area (Å²) in [4.78, 5) is 12.4. The van der Waals surface area contributed by atoms with Crippen LogP contribution in [-0.4, -0.2) is 19.1 Å². The number of ether oxygens (including phenoxy) is 2.